The SMILES string of the molecule is COc1ccc(C2(O)OC(COCc3ccccc3)C(OCc3ccccc3)C(C)C2OCc2ccccc2)cc1C1OCCO1. The van der Waals surface area contributed by atoms with E-state index in [1.54, 1.807) is 19.2 Å². The van der Waals surface area contributed by atoms with E-state index in [2.05, 4.69) is 0 Å². The molecule has 0 aromatic heterocycles. The highest BCUT2D eigenvalue weighted by Crippen LogP contribution is 2.45. The van der Waals surface area contributed by atoms with Crippen LogP contribution in [0.2, 0.25) is 0 Å². The Morgan fingerprint density at radius 1 is 0.739 bits per heavy atom. The Morgan fingerprint density at radius 2 is 1.30 bits per heavy atom. The molecule has 8 heteroatoms. The standard InChI is InChI=1S/C38H42O8/c1-27-35(44-24-29-14-8-4-9-15-29)34(26-41-23-28-12-6-3-7-13-28)46-38(39,36(27)45-25-30-16-10-5-11-17-30)31-18-19-33(40-2)32(22-31)37-42-20-21-43-37/h3-19,22,27,34-37,39H,20-21,23-26H2,1-2H3. The lowest BCUT2D eigenvalue weighted by atomic mass is 9.81. The number of ether oxygens (including phenoxy) is 7. The highest BCUT2D eigenvalue weighted by Gasteiger charge is 2.55. The van der Waals surface area contributed by atoms with Gasteiger partial charge in [0.2, 0.25) is 5.79 Å². The van der Waals surface area contributed by atoms with Gasteiger partial charge < -0.3 is 38.3 Å². The van der Waals surface area contributed by atoms with Crippen molar-refractivity contribution in [1.29, 1.82) is 0 Å². The van der Waals surface area contributed by atoms with Gasteiger partial charge in [-0.15, -0.1) is 0 Å². The molecule has 5 unspecified atom stereocenters. The quantitative estimate of drug-likeness (QED) is 0.185. The average molecular weight is 627 g/mol. The number of aliphatic hydroxyl groups is 1. The first kappa shape index (κ1) is 32.3. The van der Waals surface area contributed by atoms with Crippen LogP contribution in [0.5, 0.6) is 5.75 Å². The molecule has 6 rings (SSSR count). The largest absolute Gasteiger partial charge is 0.496 e. The zero-order chi connectivity index (χ0) is 31.8. The summed E-state index contributed by atoms with van der Waals surface area (Å²) < 4.78 is 43.4. The molecule has 242 valence electrons. The van der Waals surface area contributed by atoms with Gasteiger partial charge in [0.25, 0.3) is 0 Å². The van der Waals surface area contributed by atoms with Crippen LogP contribution in [-0.2, 0) is 54.0 Å². The molecule has 5 atom stereocenters. The predicted octanol–water partition coefficient (Wildman–Crippen LogP) is 6.31. The molecule has 2 heterocycles. The van der Waals surface area contributed by atoms with Crippen molar-refractivity contribution in [2.45, 2.75) is 57.1 Å². The van der Waals surface area contributed by atoms with E-state index in [4.69, 9.17) is 33.2 Å². The lowest BCUT2D eigenvalue weighted by molar-refractivity contribution is -0.363. The third-order valence-corrected chi connectivity index (χ3v) is 8.55. The summed E-state index contributed by atoms with van der Waals surface area (Å²) in [5.74, 6) is -1.57. The molecule has 4 aromatic rings. The Labute approximate surface area is 270 Å². The van der Waals surface area contributed by atoms with Crippen molar-refractivity contribution >= 4 is 0 Å². The highest BCUT2D eigenvalue weighted by atomic mass is 16.7. The molecular formula is C38H42O8. The maximum absolute atomic E-state index is 12.7. The van der Waals surface area contributed by atoms with Gasteiger partial charge in [0.15, 0.2) is 6.29 Å². The van der Waals surface area contributed by atoms with E-state index in [0.29, 0.717) is 43.3 Å². The van der Waals surface area contributed by atoms with Crippen molar-refractivity contribution in [3.8, 4) is 5.75 Å². The van der Waals surface area contributed by atoms with Gasteiger partial charge in [-0.3, -0.25) is 0 Å². The number of benzene rings is 4. The van der Waals surface area contributed by atoms with E-state index in [9.17, 15) is 5.11 Å². The van der Waals surface area contributed by atoms with Gasteiger partial charge in [0.1, 0.15) is 18.0 Å². The van der Waals surface area contributed by atoms with Gasteiger partial charge in [-0.1, -0.05) is 97.9 Å². The molecule has 2 saturated heterocycles. The van der Waals surface area contributed by atoms with Gasteiger partial charge in [-0.25, -0.2) is 0 Å². The molecule has 2 fully saturated rings. The number of hydrogen-bond acceptors (Lipinski definition) is 8. The maximum Gasteiger partial charge on any atom is 0.220 e. The second kappa shape index (κ2) is 15.3. The van der Waals surface area contributed by atoms with E-state index >= 15 is 0 Å². The van der Waals surface area contributed by atoms with Crippen molar-refractivity contribution in [3.05, 3.63) is 137 Å². The summed E-state index contributed by atoms with van der Waals surface area (Å²) in [4.78, 5) is 0. The van der Waals surface area contributed by atoms with Crippen molar-refractivity contribution in [2.75, 3.05) is 26.9 Å². The first-order valence-corrected chi connectivity index (χ1v) is 15.8. The normalized spacial score (nSPS) is 25.0. The molecule has 0 bridgehead atoms. The highest BCUT2D eigenvalue weighted by molar-refractivity contribution is 5.41. The van der Waals surface area contributed by atoms with E-state index < -0.39 is 30.4 Å². The van der Waals surface area contributed by atoms with Crippen LogP contribution >= 0.6 is 0 Å². The van der Waals surface area contributed by atoms with Crippen LogP contribution in [0.3, 0.4) is 0 Å². The minimum absolute atomic E-state index is 0.199. The van der Waals surface area contributed by atoms with Crippen molar-refractivity contribution in [1.82, 2.24) is 0 Å². The molecule has 46 heavy (non-hydrogen) atoms. The Hall–Kier alpha value is -3.60. The van der Waals surface area contributed by atoms with Crippen molar-refractivity contribution in [2.24, 2.45) is 5.92 Å². The van der Waals surface area contributed by atoms with Crippen LogP contribution in [0.25, 0.3) is 0 Å². The topological polar surface area (TPSA) is 84.8 Å². The van der Waals surface area contributed by atoms with Crippen LogP contribution in [0.4, 0.5) is 0 Å². The van der Waals surface area contributed by atoms with Gasteiger partial charge in [-0.05, 0) is 34.9 Å². The Bertz CT molecular complexity index is 1490. The van der Waals surface area contributed by atoms with E-state index in [0.717, 1.165) is 16.7 Å². The summed E-state index contributed by atoms with van der Waals surface area (Å²) in [5.41, 5.74) is 4.24. The minimum Gasteiger partial charge on any atom is -0.496 e. The fourth-order valence-electron chi connectivity index (χ4n) is 6.19. The van der Waals surface area contributed by atoms with Gasteiger partial charge >= 0.3 is 0 Å². The van der Waals surface area contributed by atoms with E-state index in [1.807, 2.05) is 104 Å². The summed E-state index contributed by atoms with van der Waals surface area (Å²) in [6.45, 7) is 4.23. The van der Waals surface area contributed by atoms with Crippen molar-refractivity contribution < 1.29 is 38.3 Å². The van der Waals surface area contributed by atoms with Crippen LogP contribution in [0.15, 0.2) is 109 Å². The van der Waals surface area contributed by atoms with E-state index in [-0.39, 0.29) is 19.1 Å². The Balaban J connectivity index is 1.34. The summed E-state index contributed by atoms with van der Waals surface area (Å²) in [7, 11) is 1.60. The monoisotopic (exact) mass is 626 g/mol. The molecule has 8 nitrogen and oxygen atoms in total. The summed E-state index contributed by atoms with van der Waals surface area (Å²) in [6.07, 6.45) is -2.48. The molecule has 0 aliphatic carbocycles. The zero-order valence-electron chi connectivity index (χ0n) is 26.3. The Morgan fingerprint density at radius 3 is 1.89 bits per heavy atom. The summed E-state index contributed by atoms with van der Waals surface area (Å²) in [6, 6.07) is 35.3. The van der Waals surface area contributed by atoms with Crippen LogP contribution in [-0.4, -0.2) is 50.3 Å². The number of rotatable bonds is 13. The lowest BCUT2D eigenvalue weighted by Gasteiger charge is -2.50. The molecule has 1 N–H and O–H groups in total. The van der Waals surface area contributed by atoms with Crippen molar-refractivity contribution in [3.63, 3.8) is 0 Å². The smallest absolute Gasteiger partial charge is 0.220 e. The number of hydrogen-bond donors (Lipinski definition) is 1. The molecule has 0 saturated carbocycles. The summed E-state index contributed by atoms with van der Waals surface area (Å²) in [5, 5.41) is 12.7. The fraction of sp³-hybridized carbons (Fsp3) is 0.368. The molecule has 0 radical (unpaired) electrons. The molecular weight excluding hydrogens is 584 g/mol. The van der Waals surface area contributed by atoms with Gasteiger partial charge in [-0.2, -0.15) is 0 Å². The minimum atomic E-state index is -1.86. The van der Waals surface area contributed by atoms with Crippen LogP contribution in [0.1, 0.15) is 41.0 Å². The second-order valence-corrected chi connectivity index (χ2v) is 11.7. The Kier molecular flexibility index (Phi) is 10.8. The first-order chi connectivity index (χ1) is 22.5. The molecule has 4 aromatic carbocycles. The number of methoxy groups -OCH3 is 1. The van der Waals surface area contributed by atoms with Crippen LogP contribution < -0.4 is 4.74 Å². The van der Waals surface area contributed by atoms with Crippen LogP contribution in [0, 0.1) is 5.92 Å². The molecule has 2 aliphatic rings. The maximum atomic E-state index is 12.7. The fourth-order valence-corrected chi connectivity index (χ4v) is 6.19. The molecule has 0 spiro atoms. The second-order valence-electron chi connectivity index (χ2n) is 11.7. The lowest BCUT2D eigenvalue weighted by Crippen LogP contribution is -2.61. The molecule has 2 aliphatic heterocycles. The first-order valence-electron chi connectivity index (χ1n) is 15.8. The third kappa shape index (κ3) is 7.51. The zero-order valence-corrected chi connectivity index (χ0v) is 26.3. The van der Waals surface area contributed by atoms with Gasteiger partial charge in [0.05, 0.1) is 58.4 Å². The molecule has 0 amide bonds. The predicted molar refractivity (Wildman–Crippen MR) is 172 cm³/mol. The average Bonchev–Trinajstić information content (AvgIpc) is 3.64. The van der Waals surface area contributed by atoms with Gasteiger partial charge in [0, 0.05) is 11.5 Å². The van der Waals surface area contributed by atoms with E-state index in [1.165, 1.54) is 0 Å². The summed E-state index contributed by atoms with van der Waals surface area (Å²) >= 11 is 0. The third-order valence-electron chi connectivity index (χ3n) is 8.55.